The van der Waals surface area contributed by atoms with Crippen molar-refractivity contribution in [2.45, 2.75) is 20.8 Å². The Bertz CT molecular complexity index is 340. The fourth-order valence-electron chi connectivity index (χ4n) is 1.83. The van der Waals surface area contributed by atoms with Crippen LogP contribution in [0.4, 0.5) is 0 Å². The highest BCUT2D eigenvalue weighted by Gasteiger charge is 2.45. The molecule has 0 bridgehead atoms. The van der Waals surface area contributed by atoms with Crippen LogP contribution in [0.1, 0.15) is 20.8 Å². The molecule has 0 spiro atoms. The number of ether oxygens (including phenoxy) is 1. The zero-order valence-electron chi connectivity index (χ0n) is 11.6. The van der Waals surface area contributed by atoms with Crippen molar-refractivity contribution in [3.8, 4) is 5.75 Å². The molecule has 0 aliphatic rings. The number of benzene rings is 1. The maximum absolute atomic E-state index is 5.85. The third-order valence-corrected chi connectivity index (χ3v) is 5.52. The quantitative estimate of drug-likeness (QED) is 0.677. The van der Waals surface area contributed by atoms with Crippen LogP contribution in [0.5, 0.6) is 5.75 Å². The highest BCUT2D eigenvalue weighted by atomic mass is 28.4. The van der Waals surface area contributed by atoms with Crippen molar-refractivity contribution in [2.75, 3.05) is 26.9 Å². The molecule has 0 fully saturated rings. The van der Waals surface area contributed by atoms with Gasteiger partial charge in [-0.25, -0.2) is 0 Å². The highest BCUT2D eigenvalue weighted by molar-refractivity contribution is 6.76. The second-order valence-corrected chi connectivity index (χ2v) is 6.07. The van der Waals surface area contributed by atoms with E-state index in [1.165, 1.54) is 0 Å². The van der Waals surface area contributed by atoms with Crippen molar-refractivity contribution in [3.63, 3.8) is 0 Å². The van der Waals surface area contributed by atoms with Gasteiger partial charge in [0, 0.05) is 19.8 Å². The lowest BCUT2D eigenvalue weighted by atomic mass is 10.3. The van der Waals surface area contributed by atoms with Gasteiger partial charge >= 0.3 is 8.80 Å². The largest absolute Gasteiger partial charge is 0.541 e. The fraction of sp³-hybridized carbons (Fsp3) is 0.538. The Morgan fingerprint density at radius 2 is 1.39 bits per heavy atom. The summed E-state index contributed by atoms with van der Waals surface area (Å²) in [6, 6.07) is 7.71. The third kappa shape index (κ3) is 3.32. The molecular formula is C13H22O4Si. The molecule has 4 nitrogen and oxygen atoms in total. The van der Waals surface area contributed by atoms with E-state index >= 15 is 0 Å². The van der Waals surface area contributed by atoms with Crippen LogP contribution in [-0.2, 0) is 13.3 Å². The number of para-hydroxylation sites is 1. The van der Waals surface area contributed by atoms with E-state index in [4.69, 9.17) is 18.0 Å². The lowest BCUT2D eigenvalue weighted by Gasteiger charge is -2.29. The highest BCUT2D eigenvalue weighted by Crippen LogP contribution is 2.17. The monoisotopic (exact) mass is 270 g/mol. The maximum atomic E-state index is 5.85. The molecular weight excluding hydrogens is 248 g/mol. The first kappa shape index (κ1) is 15.2. The molecule has 0 aromatic heterocycles. The number of rotatable bonds is 8. The predicted molar refractivity (Wildman–Crippen MR) is 73.3 cm³/mol. The van der Waals surface area contributed by atoms with Gasteiger partial charge < -0.3 is 18.0 Å². The van der Waals surface area contributed by atoms with Crippen molar-refractivity contribution < 1.29 is 18.0 Å². The molecule has 0 saturated carbocycles. The lowest BCUT2D eigenvalue weighted by molar-refractivity contribution is 0.0854. The van der Waals surface area contributed by atoms with Crippen molar-refractivity contribution in [3.05, 3.63) is 24.3 Å². The first-order chi connectivity index (χ1) is 8.74. The van der Waals surface area contributed by atoms with Gasteiger partial charge in [0.2, 0.25) is 0 Å². The van der Waals surface area contributed by atoms with Gasteiger partial charge in [0.1, 0.15) is 5.75 Å². The van der Waals surface area contributed by atoms with Crippen molar-refractivity contribution in [1.29, 1.82) is 0 Å². The Morgan fingerprint density at radius 1 is 0.889 bits per heavy atom. The number of hydrogen-bond donors (Lipinski definition) is 0. The minimum atomic E-state index is -2.86. The maximum Gasteiger partial charge on any atom is 0.541 e. The third-order valence-electron chi connectivity index (χ3n) is 2.44. The Kier molecular flexibility index (Phi) is 6.35. The number of hydrogen-bond acceptors (Lipinski definition) is 4. The van der Waals surface area contributed by atoms with Crippen LogP contribution < -0.4 is 9.92 Å². The molecule has 0 radical (unpaired) electrons. The summed E-state index contributed by atoms with van der Waals surface area (Å²) in [5, 5.41) is 0.887. The van der Waals surface area contributed by atoms with Gasteiger partial charge in [0.15, 0.2) is 0 Å². The van der Waals surface area contributed by atoms with Crippen LogP contribution >= 0.6 is 0 Å². The minimum Gasteiger partial charge on any atom is -0.497 e. The summed E-state index contributed by atoms with van der Waals surface area (Å²) in [5.41, 5.74) is 0. The Hall–Kier alpha value is -0.883. The Balaban J connectivity index is 3.20. The van der Waals surface area contributed by atoms with Gasteiger partial charge in [-0.2, -0.15) is 0 Å². The zero-order valence-corrected chi connectivity index (χ0v) is 12.6. The standard InChI is InChI=1S/C13H22O4Si/c1-5-15-18(16-6-2,17-7-3)13-11-9-8-10-12(13)14-4/h8-11H,5-7H2,1-4H3. The van der Waals surface area contributed by atoms with Crippen molar-refractivity contribution >= 4 is 14.0 Å². The second-order valence-electron chi connectivity index (χ2n) is 3.56. The van der Waals surface area contributed by atoms with Gasteiger partial charge in [-0.15, -0.1) is 0 Å². The zero-order chi connectivity index (χ0) is 13.4. The predicted octanol–water partition coefficient (Wildman–Crippen LogP) is 1.95. The van der Waals surface area contributed by atoms with Crippen LogP contribution in [0.25, 0.3) is 0 Å². The van der Waals surface area contributed by atoms with E-state index in [1.54, 1.807) is 7.11 Å². The summed E-state index contributed by atoms with van der Waals surface area (Å²) in [7, 11) is -1.22. The topological polar surface area (TPSA) is 36.9 Å². The molecule has 0 unspecified atom stereocenters. The molecule has 0 N–H and O–H groups in total. The van der Waals surface area contributed by atoms with E-state index < -0.39 is 8.80 Å². The molecule has 5 heteroatoms. The van der Waals surface area contributed by atoms with Gasteiger partial charge in [-0.3, -0.25) is 0 Å². The molecule has 1 rings (SSSR count). The Morgan fingerprint density at radius 3 is 1.83 bits per heavy atom. The first-order valence-electron chi connectivity index (χ1n) is 6.29. The molecule has 0 heterocycles. The smallest absolute Gasteiger partial charge is 0.497 e. The van der Waals surface area contributed by atoms with Gasteiger partial charge in [-0.1, -0.05) is 18.2 Å². The normalized spacial score (nSPS) is 11.6. The van der Waals surface area contributed by atoms with E-state index in [9.17, 15) is 0 Å². The van der Waals surface area contributed by atoms with E-state index in [-0.39, 0.29) is 0 Å². The molecule has 0 aliphatic carbocycles. The van der Waals surface area contributed by atoms with Gasteiger partial charge in [0.25, 0.3) is 0 Å². The second kappa shape index (κ2) is 7.53. The van der Waals surface area contributed by atoms with Crippen LogP contribution in [0.3, 0.4) is 0 Å². The van der Waals surface area contributed by atoms with Crippen molar-refractivity contribution in [1.82, 2.24) is 0 Å². The summed E-state index contributed by atoms with van der Waals surface area (Å²) in [5.74, 6) is 0.750. The molecule has 0 saturated heterocycles. The first-order valence-corrected chi connectivity index (χ1v) is 8.01. The van der Waals surface area contributed by atoms with E-state index in [0.29, 0.717) is 19.8 Å². The van der Waals surface area contributed by atoms with Crippen LogP contribution in [0.2, 0.25) is 0 Å². The van der Waals surface area contributed by atoms with E-state index in [2.05, 4.69) is 0 Å². The molecule has 18 heavy (non-hydrogen) atoms. The SMILES string of the molecule is CCO[Si](OCC)(OCC)c1ccccc1OC. The summed E-state index contributed by atoms with van der Waals surface area (Å²) in [6.07, 6.45) is 0. The molecule has 1 aromatic carbocycles. The molecule has 0 atom stereocenters. The molecule has 102 valence electrons. The average Bonchev–Trinajstić information content (AvgIpc) is 2.39. The fourth-order valence-corrected chi connectivity index (χ4v) is 4.47. The molecule has 1 aromatic rings. The van der Waals surface area contributed by atoms with E-state index in [1.807, 2.05) is 45.0 Å². The summed E-state index contributed by atoms with van der Waals surface area (Å²) >= 11 is 0. The van der Waals surface area contributed by atoms with Crippen molar-refractivity contribution in [2.24, 2.45) is 0 Å². The van der Waals surface area contributed by atoms with Gasteiger partial charge in [0.05, 0.1) is 12.3 Å². The molecule has 0 aliphatic heterocycles. The minimum absolute atomic E-state index is 0.546. The van der Waals surface area contributed by atoms with Crippen LogP contribution in [-0.4, -0.2) is 35.7 Å². The van der Waals surface area contributed by atoms with Gasteiger partial charge in [-0.05, 0) is 26.8 Å². The summed E-state index contributed by atoms with van der Waals surface area (Å²) < 4.78 is 22.9. The van der Waals surface area contributed by atoms with E-state index in [0.717, 1.165) is 10.9 Å². The lowest BCUT2D eigenvalue weighted by Crippen LogP contribution is -2.57. The molecule has 0 amide bonds. The van der Waals surface area contributed by atoms with Crippen LogP contribution in [0.15, 0.2) is 24.3 Å². The summed E-state index contributed by atoms with van der Waals surface area (Å²) in [6.45, 7) is 7.46. The number of methoxy groups -OCH3 is 1. The average molecular weight is 270 g/mol. The van der Waals surface area contributed by atoms with Crippen LogP contribution in [0, 0.1) is 0 Å². The summed E-state index contributed by atoms with van der Waals surface area (Å²) in [4.78, 5) is 0. The Labute approximate surface area is 110 Å².